The van der Waals surface area contributed by atoms with Gasteiger partial charge < -0.3 is 4.74 Å². The van der Waals surface area contributed by atoms with Crippen LogP contribution in [0.2, 0.25) is 0 Å². The normalized spacial score (nSPS) is 15.7. The zero-order valence-electron chi connectivity index (χ0n) is 16.0. The fraction of sp³-hybridized carbons (Fsp3) is 0.632. The molecule has 2 N–H and O–H groups in total. The molecule has 1 aromatic rings. The Labute approximate surface area is 150 Å². The lowest BCUT2D eigenvalue weighted by molar-refractivity contribution is -0.0854. The van der Waals surface area contributed by atoms with Crippen LogP contribution in [0, 0.1) is 0 Å². The Balaban J connectivity index is 2.04. The maximum absolute atomic E-state index is 12.4. The van der Waals surface area contributed by atoms with E-state index < -0.39 is 0 Å². The summed E-state index contributed by atoms with van der Waals surface area (Å²) in [5.74, 6) is -0.323. The van der Waals surface area contributed by atoms with Gasteiger partial charge in [0.2, 0.25) is 0 Å². The molecule has 0 spiro atoms. The van der Waals surface area contributed by atoms with Crippen LogP contribution in [-0.2, 0) is 4.74 Å². The molecular weight excluding hydrogens is 318 g/mol. The highest BCUT2D eigenvalue weighted by molar-refractivity contribution is 5.93. The van der Waals surface area contributed by atoms with E-state index in [-0.39, 0.29) is 17.6 Å². The second-order valence-corrected chi connectivity index (χ2v) is 7.68. The van der Waals surface area contributed by atoms with E-state index in [9.17, 15) is 10.0 Å². The Bertz CT molecular complexity index is 598. The van der Waals surface area contributed by atoms with Crippen molar-refractivity contribution in [2.24, 2.45) is 0 Å². The van der Waals surface area contributed by atoms with Gasteiger partial charge in [-0.1, -0.05) is 26.2 Å². The minimum absolute atomic E-state index is 0.0937. The number of rotatable bonds is 7. The SMILES string of the molecule is CCCCCCC(C)OC(=O)c1ccc2c(c1)N(C(C)(C)C)N(O)N2. The molecule has 1 aliphatic rings. The van der Waals surface area contributed by atoms with Crippen LogP contribution in [0.1, 0.15) is 77.1 Å². The monoisotopic (exact) mass is 349 g/mol. The Hall–Kier alpha value is -1.79. The molecule has 0 radical (unpaired) electrons. The maximum Gasteiger partial charge on any atom is 0.338 e. The number of carbonyl (C=O) groups is 1. The van der Waals surface area contributed by atoms with Crippen molar-refractivity contribution in [2.45, 2.75) is 78.4 Å². The second-order valence-electron chi connectivity index (χ2n) is 7.68. The first kappa shape index (κ1) is 19.5. The summed E-state index contributed by atoms with van der Waals surface area (Å²) in [6, 6.07) is 5.26. The van der Waals surface area contributed by atoms with Crippen LogP contribution in [-0.4, -0.2) is 28.1 Å². The summed E-state index contributed by atoms with van der Waals surface area (Å²) in [6.45, 7) is 10.1. The number of carbonyl (C=O) groups excluding carboxylic acids is 1. The molecule has 6 nitrogen and oxygen atoms in total. The minimum atomic E-state index is -0.345. The van der Waals surface area contributed by atoms with E-state index in [2.05, 4.69) is 12.3 Å². The number of anilines is 2. The third kappa shape index (κ3) is 4.86. The van der Waals surface area contributed by atoms with Gasteiger partial charge in [-0.25, -0.2) is 4.79 Å². The molecule has 25 heavy (non-hydrogen) atoms. The first-order valence-electron chi connectivity index (χ1n) is 9.15. The van der Waals surface area contributed by atoms with Crippen molar-refractivity contribution in [3.8, 4) is 0 Å². The summed E-state index contributed by atoms with van der Waals surface area (Å²) in [5, 5.41) is 12.7. The van der Waals surface area contributed by atoms with Gasteiger partial charge in [0.15, 0.2) is 0 Å². The average Bonchev–Trinajstić information content (AvgIpc) is 2.86. The molecule has 1 atom stereocenters. The molecule has 6 heteroatoms. The number of fused-ring (bicyclic) bond motifs is 1. The van der Waals surface area contributed by atoms with Crippen molar-refractivity contribution in [3.05, 3.63) is 23.8 Å². The number of nitrogens with zero attached hydrogens (tertiary/aromatic N) is 2. The molecule has 0 saturated carbocycles. The summed E-state index contributed by atoms with van der Waals surface area (Å²) in [5.41, 5.74) is 4.51. The van der Waals surface area contributed by atoms with Gasteiger partial charge in [-0.3, -0.25) is 15.6 Å². The summed E-state index contributed by atoms with van der Waals surface area (Å²) in [4.78, 5) is 12.4. The van der Waals surface area contributed by atoms with Crippen molar-refractivity contribution < 1.29 is 14.7 Å². The van der Waals surface area contributed by atoms with Crippen molar-refractivity contribution in [3.63, 3.8) is 0 Å². The van der Waals surface area contributed by atoms with Crippen molar-refractivity contribution in [1.82, 2.24) is 5.28 Å². The minimum Gasteiger partial charge on any atom is -0.459 e. The number of esters is 1. The van der Waals surface area contributed by atoms with E-state index in [0.717, 1.165) is 29.5 Å². The summed E-state index contributed by atoms with van der Waals surface area (Å²) in [7, 11) is 0. The highest BCUT2D eigenvalue weighted by Gasteiger charge is 2.35. The van der Waals surface area contributed by atoms with Crippen molar-refractivity contribution in [2.75, 3.05) is 10.4 Å². The first-order chi connectivity index (χ1) is 11.7. The van der Waals surface area contributed by atoms with Gasteiger partial charge in [0.1, 0.15) is 0 Å². The molecule has 0 aliphatic carbocycles. The number of nitrogens with one attached hydrogen (secondary N) is 1. The van der Waals surface area contributed by atoms with Gasteiger partial charge in [0, 0.05) is 0 Å². The van der Waals surface area contributed by atoms with Crippen LogP contribution < -0.4 is 10.4 Å². The number of unbranched alkanes of at least 4 members (excludes halogenated alkanes) is 3. The lowest BCUT2D eigenvalue weighted by atomic mass is 10.1. The van der Waals surface area contributed by atoms with Crippen LogP contribution in [0.4, 0.5) is 11.4 Å². The van der Waals surface area contributed by atoms with E-state index in [0.29, 0.717) is 5.56 Å². The predicted octanol–water partition coefficient (Wildman–Crippen LogP) is 4.75. The number of ether oxygens (including phenoxy) is 1. The van der Waals surface area contributed by atoms with E-state index in [4.69, 9.17) is 4.74 Å². The van der Waals surface area contributed by atoms with Gasteiger partial charge in [0.25, 0.3) is 0 Å². The molecule has 2 rings (SSSR count). The van der Waals surface area contributed by atoms with Gasteiger partial charge in [-0.05, 0) is 64.0 Å². The molecule has 1 unspecified atom stereocenters. The molecule has 0 bridgehead atoms. The number of hydrogen-bond acceptors (Lipinski definition) is 6. The number of benzene rings is 1. The zero-order valence-corrected chi connectivity index (χ0v) is 16.0. The average molecular weight is 349 g/mol. The summed E-state index contributed by atoms with van der Waals surface area (Å²) < 4.78 is 5.57. The Morgan fingerprint density at radius 2 is 2.00 bits per heavy atom. The second kappa shape index (κ2) is 8.06. The molecule has 0 aromatic heterocycles. The molecular formula is C19H31N3O3. The van der Waals surface area contributed by atoms with Gasteiger partial charge in [-0.15, -0.1) is 0 Å². The predicted molar refractivity (Wildman–Crippen MR) is 99.6 cm³/mol. The van der Waals surface area contributed by atoms with Crippen LogP contribution in [0.25, 0.3) is 0 Å². The highest BCUT2D eigenvalue weighted by Crippen LogP contribution is 2.38. The van der Waals surface area contributed by atoms with Crippen LogP contribution in [0.3, 0.4) is 0 Å². The standard InChI is InChI=1S/C19H31N3O3/c1-6-7-8-9-10-14(2)25-18(23)15-11-12-16-17(13-15)21(19(3,4)5)22(24)20-16/h11-14,20,24H,6-10H2,1-5H3. The highest BCUT2D eigenvalue weighted by atomic mass is 16.6. The lowest BCUT2D eigenvalue weighted by Gasteiger charge is -2.35. The van der Waals surface area contributed by atoms with E-state index in [1.54, 1.807) is 23.2 Å². The van der Waals surface area contributed by atoms with Gasteiger partial charge >= 0.3 is 5.97 Å². The van der Waals surface area contributed by atoms with Crippen molar-refractivity contribution in [1.29, 1.82) is 0 Å². The van der Waals surface area contributed by atoms with E-state index >= 15 is 0 Å². The van der Waals surface area contributed by atoms with Crippen molar-refractivity contribution >= 4 is 17.3 Å². The molecule has 0 saturated heterocycles. The quantitative estimate of drug-likeness (QED) is 0.547. The molecule has 1 aromatic carbocycles. The van der Waals surface area contributed by atoms with Gasteiger partial charge in [0.05, 0.1) is 28.6 Å². The summed E-state index contributed by atoms with van der Waals surface area (Å²) >= 11 is 0. The van der Waals surface area contributed by atoms with Crippen LogP contribution in [0.15, 0.2) is 18.2 Å². The zero-order chi connectivity index (χ0) is 18.6. The lowest BCUT2D eigenvalue weighted by Crippen LogP contribution is -2.50. The Morgan fingerprint density at radius 1 is 1.28 bits per heavy atom. The Morgan fingerprint density at radius 3 is 2.64 bits per heavy atom. The molecule has 0 fully saturated rings. The smallest absolute Gasteiger partial charge is 0.338 e. The van der Waals surface area contributed by atoms with Gasteiger partial charge in [-0.2, -0.15) is 0 Å². The van der Waals surface area contributed by atoms with Crippen LogP contribution >= 0.6 is 0 Å². The maximum atomic E-state index is 12.4. The molecule has 140 valence electrons. The van der Waals surface area contributed by atoms with E-state index in [1.807, 2.05) is 27.7 Å². The molecule has 1 aliphatic heterocycles. The number of hydrogen-bond donors (Lipinski definition) is 2. The number of hydrazine groups is 2. The molecule has 0 amide bonds. The fourth-order valence-corrected chi connectivity index (χ4v) is 3.00. The van der Waals surface area contributed by atoms with E-state index in [1.165, 1.54) is 19.3 Å². The summed E-state index contributed by atoms with van der Waals surface area (Å²) in [6.07, 6.45) is 5.46. The Kier molecular flexibility index (Phi) is 6.30. The first-order valence-corrected chi connectivity index (χ1v) is 9.15. The largest absolute Gasteiger partial charge is 0.459 e. The molecule has 1 heterocycles. The fourth-order valence-electron chi connectivity index (χ4n) is 3.00. The van der Waals surface area contributed by atoms with Crippen LogP contribution in [0.5, 0.6) is 0 Å². The third-order valence-electron chi connectivity index (χ3n) is 4.28. The third-order valence-corrected chi connectivity index (χ3v) is 4.28. The topological polar surface area (TPSA) is 65.0 Å².